The standard InChI is InChI=1S/C11H20O/c1-3-5-7-8-10-11(12)9-6-4-2/h6,9H,3-5,7-8,10H2,1-2H3/b9-6+. The van der Waals surface area contributed by atoms with E-state index in [1.54, 1.807) is 6.08 Å². The van der Waals surface area contributed by atoms with E-state index in [4.69, 9.17) is 0 Å². The Labute approximate surface area is 75.9 Å². The zero-order valence-corrected chi connectivity index (χ0v) is 8.31. The lowest BCUT2D eigenvalue weighted by atomic mass is 10.1. The Balaban J connectivity index is 3.25. The molecule has 0 N–H and O–H groups in total. The molecule has 70 valence electrons. The van der Waals surface area contributed by atoms with E-state index in [2.05, 4.69) is 6.92 Å². The highest BCUT2D eigenvalue weighted by molar-refractivity contribution is 5.89. The van der Waals surface area contributed by atoms with Crippen LogP contribution in [0.3, 0.4) is 0 Å². The quantitative estimate of drug-likeness (QED) is 0.420. The number of hydrogen-bond donors (Lipinski definition) is 0. The second kappa shape index (κ2) is 8.51. The lowest BCUT2D eigenvalue weighted by Gasteiger charge is -1.95. The first-order valence-electron chi connectivity index (χ1n) is 5.00. The van der Waals surface area contributed by atoms with Gasteiger partial charge in [0.1, 0.15) is 0 Å². The number of hydrogen-bond acceptors (Lipinski definition) is 1. The second-order valence-electron chi connectivity index (χ2n) is 3.09. The zero-order chi connectivity index (χ0) is 9.23. The van der Waals surface area contributed by atoms with E-state index in [1.165, 1.54) is 19.3 Å². The van der Waals surface area contributed by atoms with Crippen LogP contribution in [0.2, 0.25) is 0 Å². The molecule has 0 aliphatic heterocycles. The molecule has 0 aromatic carbocycles. The smallest absolute Gasteiger partial charge is 0.155 e. The number of unbranched alkanes of at least 4 members (excludes halogenated alkanes) is 3. The van der Waals surface area contributed by atoms with Gasteiger partial charge in [0.2, 0.25) is 0 Å². The van der Waals surface area contributed by atoms with E-state index in [0.717, 1.165) is 19.3 Å². The van der Waals surface area contributed by atoms with Crippen molar-refractivity contribution in [2.24, 2.45) is 0 Å². The lowest BCUT2D eigenvalue weighted by Crippen LogP contribution is -1.91. The highest BCUT2D eigenvalue weighted by Crippen LogP contribution is 2.03. The van der Waals surface area contributed by atoms with Crippen molar-refractivity contribution in [2.75, 3.05) is 0 Å². The maximum atomic E-state index is 11.1. The lowest BCUT2D eigenvalue weighted by molar-refractivity contribution is -0.114. The molecule has 0 radical (unpaired) electrons. The molecular formula is C11H20O. The van der Waals surface area contributed by atoms with E-state index in [1.807, 2.05) is 13.0 Å². The number of ketones is 1. The summed E-state index contributed by atoms with van der Waals surface area (Å²) >= 11 is 0. The van der Waals surface area contributed by atoms with Gasteiger partial charge in [-0.1, -0.05) is 39.2 Å². The summed E-state index contributed by atoms with van der Waals surface area (Å²) in [6.45, 7) is 4.22. The van der Waals surface area contributed by atoms with Gasteiger partial charge in [-0.3, -0.25) is 4.79 Å². The van der Waals surface area contributed by atoms with Gasteiger partial charge in [-0.15, -0.1) is 0 Å². The van der Waals surface area contributed by atoms with E-state index < -0.39 is 0 Å². The van der Waals surface area contributed by atoms with Crippen molar-refractivity contribution < 1.29 is 4.79 Å². The van der Waals surface area contributed by atoms with E-state index in [0.29, 0.717) is 0 Å². The molecule has 1 nitrogen and oxygen atoms in total. The van der Waals surface area contributed by atoms with Gasteiger partial charge in [-0.2, -0.15) is 0 Å². The van der Waals surface area contributed by atoms with Gasteiger partial charge in [0.05, 0.1) is 0 Å². The summed E-state index contributed by atoms with van der Waals surface area (Å²) < 4.78 is 0. The molecule has 0 fully saturated rings. The molecule has 0 aromatic heterocycles. The van der Waals surface area contributed by atoms with Crippen LogP contribution in [0.1, 0.15) is 52.4 Å². The average Bonchev–Trinajstić information content (AvgIpc) is 2.09. The van der Waals surface area contributed by atoms with Crippen LogP contribution in [0.25, 0.3) is 0 Å². The summed E-state index contributed by atoms with van der Waals surface area (Å²) in [6.07, 6.45) is 10.1. The molecule has 0 spiro atoms. The zero-order valence-electron chi connectivity index (χ0n) is 8.31. The Hall–Kier alpha value is -0.590. The van der Waals surface area contributed by atoms with E-state index in [-0.39, 0.29) is 5.78 Å². The van der Waals surface area contributed by atoms with Gasteiger partial charge < -0.3 is 0 Å². The highest BCUT2D eigenvalue weighted by atomic mass is 16.1. The summed E-state index contributed by atoms with van der Waals surface area (Å²) in [4.78, 5) is 11.1. The minimum Gasteiger partial charge on any atom is -0.295 e. The Morgan fingerprint density at radius 1 is 1.17 bits per heavy atom. The number of carbonyl (C=O) groups is 1. The van der Waals surface area contributed by atoms with Crippen LogP contribution in [0.4, 0.5) is 0 Å². The molecule has 0 saturated heterocycles. The van der Waals surface area contributed by atoms with Crippen LogP contribution >= 0.6 is 0 Å². The van der Waals surface area contributed by atoms with Crippen LogP contribution in [0.15, 0.2) is 12.2 Å². The van der Waals surface area contributed by atoms with Crippen molar-refractivity contribution >= 4 is 5.78 Å². The van der Waals surface area contributed by atoms with E-state index in [9.17, 15) is 4.79 Å². The topological polar surface area (TPSA) is 17.1 Å². The molecule has 0 unspecified atom stereocenters. The molecule has 0 amide bonds. The van der Waals surface area contributed by atoms with Gasteiger partial charge >= 0.3 is 0 Å². The number of allylic oxidation sites excluding steroid dienone is 2. The first-order valence-corrected chi connectivity index (χ1v) is 5.00. The van der Waals surface area contributed by atoms with Gasteiger partial charge in [0, 0.05) is 6.42 Å². The first kappa shape index (κ1) is 11.4. The van der Waals surface area contributed by atoms with Crippen LogP contribution < -0.4 is 0 Å². The Morgan fingerprint density at radius 3 is 2.50 bits per heavy atom. The number of carbonyl (C=O) groups excluding carboxylic acids is 1. The van der Waals surface area contributed by atoms with Crippen LogP contribution in [-0.4, -0.2) is 5.78 Å². The Kier molecular flexibility index (Phi) is 8.09. The summed E-state index contributed by atoms with van der Waals surface area (Å²) in [6, 6.07) is 0. The average molecular weight is 168 g/mol. The molecule has 0 aliphatic carbocycles. The summed E-state index contributed by atoms with van der Waals surface area (Å²) in [5, 5.41) is 0. The molecule has 12 heavy (non-hydrogen) atoms. The molecule has 0 saturated carbocycles. The van der Waals surface area contributed by atoms with Gasteiger partial charge in [-0.05, 0) is 18.9 Å². The normalized spacial score (nSPS) is 10.8. The summed E-state index contributed by atoms with van der Waals surface area (Å²) in [5.74, 6) is 0.285. The predicted octanol–water partition coefficient (Wildman–Crippen LogP) is 3.49. The fourth-order valence-electron chi connectivity index (χ4n) is 1.06. The molecule has 0 atom stereocenters. The molecule has 1 heteroatoms. The third-order valence-corrected chi connectivity index (χ3v) is 1.82. The molecular weight excluding hydrogens is 148 g/mol. The van der Waals surface area contributed by atoms with Crippen LogP contribution in [-0.2, 0) is 4.79 Å². The largest absolute Gasteiger partial charge is 0.295 e. The Morgan fingerprint density at radius 2 is 1.92 bits per heavy atom. The molecule has 0 bridgehead atoms. The molecule has 0 aliphatic rings. The van der Waals surface area contributed by atoms with Gasteiger partial charge in [-0.25, -0.2) is 0 Å². The molecule has 0 rings (SSSR count). The minimum absolute atomic E-state index is 0.285. The van der Waals surface area contributed by atoms with E-state index >= 15 is 0 Å². The van der Waals surface area contributed by atoms with Crippen molar-refractivity contribution in [3.8, 4) is 0 Å². The third kappa shape index (κ3) is 7.52. The van der Waals surface area contributed by atoms with Crippen LogP contribution in [0.5, 0.6) is 0 Å². The summed E-state index contributed by atoms with van der Waals surface area (Å²) in [5.41, 5.74) is 0. The SMILES string of the molecule is CC/C=C/C(=O)CCCCCC. The van der Waals surface area contributed by atoms with Crippen LogP contribution in [0, 0.1) is 0 Å². The van der Waals surface area contributed by atoms with Crippen molar-refractivity contribution in [1.29, 1.82) is 0 Å². The fraction of sp³-hybridized carbons (Fsp3) is 0.727. The monoisotopic (exact) mass is 168 g/mol. The third-order valence-electron chi connectivity index (χ3n) is 1.82. The van der Waals surface area contributed by atoms with Crippen molar-refractivity contribution in [3.05, 3.63) is 12.2 Å². The Bertz CT molecular complexity index is 136. The second-order valence-corrected chi connectivity index (χ2v) is 3.09. The fourth-order valence-corrected chi connectivity index (χ4v) is 1.06. The van der Waals surface area contributed by atoms with Gasteiger partial charge in [0.15, 0.2) is 5.78 Å². The summed E-state index contributed by atoms with van der Waals surface area (Å²) in [7, 11) is 0. The maximum Gasteiger partial charge on any atom is 0.155 e. The minimum atomic E-state index is 0.285. The van der Waals surface area contributed by atoms with Gasteiger partial charge in [0.25, 0.3) is 0 Å². The molecule has 0 heterocycles. The highest BCUT2D eigenvalue weighted by Gasteiger charge is 1.94. The van der Waals surface area contributed by atoms with Crippen molar-refractivity contribution in [1.82, 2.24) is 0 Å². The first-order chi connectivity index (χ1) is 5.81. The predicted molar refractivity (Wildman–Crippen MR) is 53.2 cm³/mol. The van der Waals surface area contributed by atoms with Crippen molar-refractivity contribution in [2.45, 2.75) is 52.4 Å². The van der Waals surface area contributed by atoms with Crippen molar-refractivity contribution in [3.63, 3.8) is 0 Å². The molecule has 0 aromatic rings. The number of rotatable bonds is 7. The maximum absolute atomic E-state index is 11.1.